The summed E-state index contributed by atoms with van der Waals surface area (Å²) in [4.78, 5) is 0. The Hall–Kier alpha value is -2.74. The lowest BCUT2D eigenvalue weighted by Crippen LogP contribution is -2.40. The molecular formula is C20H22O7. The molecule has 1 aliphatic heterocycles. The van der Waals surface area contributed by atoms with Gasteiger partial charge in [0.05, 0.1) is 18.8 Å². The highest BCUT2D eigenvalue weighted by Gasteiger charge is 2.29. The highest BCUT2D eigenvalue weighted by Crippen LogP contribution is 2.29. The number of aliphatic hydroxyl groups excluding tert-OH is 2. The molecule has 3 rings (SSSR count). The fourth-order valence-electron chi connectivity index (χ4n) is 2.92. The van der Waals surface area contributed by atoms with Crippen molar-refractivity contribution in [2.45, 2.75) is 31.3 Å². The van der Waals surface area contributed by atoms with Crippen molar-refractivity contribution in [3.63, 3.8) is 0 Å². The maximum absolute atomic E-state index is 9.94. The van der Waals surface area contributed by atoms with Crippen LogP contribution in [0.4, 0.5) is 0 Å². The van der Waals surface area contributed by atoms with Crippen LogP contribution in [-0.4, -0.2) is 50.6 Å². The summed E-state index contributed by atoms with van der Waals surface area (Å²) < 4.78 is 11.3. The first kappa shape index (κ1) is 19.0. The number of hydrogen-bond acceptors (Lipinski definition) is 7. The zero-order valence-electron chi connectivity index (χ0n) is 14.5. The summed E-state index contributed by atoms with van der Waals surface area (Å²) in [5.74, 6) is 0.230. The first-order valence-corrected chi connectivity index (χ1v) is 8.58. The quantitative estimate of drug-likeness (QED) is 0.509. The molecule has 1 fully saturated rings. The number of ether oxygens (including phenoxy) is 2. The summed E-state index contributed by atoms with van der Waals surface area (Å²) in [6.45, 7) is -0.207. The first-order chi connectivity index (χ1) is 12.9. The lowest BCUT2D eigenvalue weighted by molar-refractivity contribution is -0.184. The average Bonchev–Trinajstić information content (AvgIpc) is 2.60. The van der Waals surface area contributed by atoms with E-state index in [1.54, 1.807) is 24.3 Å². The molecule has 5 N–H and O–H groups in total. The molecule has 0 aliphatic carbocycles. The molecule has 0 aromatic heterocycles. The highest BCUT2D eigenvalue weighted by atomic mass is 16.7. The molecule has 0 saturated carbocycles. The van der Waals surface area contributed by atoms with Crippen molar-refractivity contribution in [2.75, 3.05) is 6.61 Å². The van der Waals surface area contributed by atoms with E-state index in [0.717, 1.165) is 0 Å². The number of aliphatic hydroxyl groups is 2. The van der Waals surface area contributed by atoms with E-state index in [1.165, 1.54) is 24.3 Å². The molecule has 0 bridgehead atoms. The molecular weight excluding hydrogens is 352 g/mol. The van der Waals surface area contributed by atoms with Crippen LogP contribution in [0.2, 0.25) is 0 Å². The van der Waals surface area contributed by atoms with Crippen molar-refractivity contribution in [2.24, 2.45) is 0 Å². The molecule has 7 heteroatoms. The lowest BCUT2D eigenvalue weighted by Gasteiger charge is -2.32. The van der Waals surface area contributed by atoms with Crippen LogP contribution < -0.4 is 4.74 Å². The molecule has 144 valence electrons. The molecule has 0 radical (unpaired) electrons. The third kappa shape index (κ3) is 5.13. The summed E-state index contributed by atoms with van der Waals surface area (Å²) in [5, 5.41) is 48.2. The lowest BCUT2D eigenvalue weighted by atomic mass is 10.1. The minimum atomic E-state index is -0.731. The fraction of sp³-hybridized carbons (Fsp3) is 0.300. The van der Waals surface area contributed by atoms with E-state index in [4.69, 9.17) is 9.47 Å². The van der Waals surface area contributed by atoms with Gasteiger partial charge in [-0.05, 0) is 29.8 Å². The second-order valence-electron chi connectivity index (χ2n) is 6.45. The van der Waals surface area contributed by atoms with Gasteiger partial charge in [-0.25, -0.2) is 0 Å². The molecule has 3 unspecified atom stereocenters. The molecule has 0 amide bonds. The predicted molar refractivity (Wildman–Crippen MR) is 98.4 cm³/mol. The smallest absolute Gasteiger partial charge is 0.202 e. The normalized spacial score (nSPS) is 22.8. The largest absolute Gasteiger partial charge is 0.508 e. The average molecular weight is 374 g/mol. The van der Waals surface area contributed by atoms with E-state index in [-0.39, 0.29) is 30.3 Å². The van der Waals surface area contributed by atoms with Crippen molar-refractivity contribution in [1.29, 1.82) is 0 Å². The Bertz CT molecular complexity index is 818. The maximum Gasteiger partial charge on any atom is 0.202 e. The van der Waals surface area contributed by atoms with Crippen LogP contribution >= 0.6 is 0 Å². The first-order valence-electron chi connectivity index (χ1n) is 8.58. The number of phenolic OH excluding ortho intramolecular Hbond substituents is 3. The number of rotatable bonds is 5. The Morgan fingerprint density at radius 3 is 2.56 bits per heavy atom. The van der Waals surface area contributed by atoms with Crippen molar-refractivity contribution >= 4 is 12.2 Å². The molecule has 1 heterocycles. The molecule has 1 aliphatic rings. The van der Waals surface area contributed by atoms with Gasteiger partial charge < -0.3 is 35.0 Å². The van der Waals surface area contributed by atoms with Crippen molar-refractivity contribution in [3.8, 4) is 23.0 Å². The summed E-state index contributed by atoms with van der Waals surface area (Å²) in [7, 11) is 0. The van der Waals surface area contributed by atoms with Crippen LogP contribution in [0.1, 0.15) is 24.0 Å². The molecule has 0 spiro atoms. The highest BCUT2D eigenvalue weighted by molar-refractivity contribution is 5.73. The van der Waals surface area contributed by atoms with Gasteiger partial charge in [0.15, 0.2) is 0 Å². The van der Waals surface area contributed by atoms with E-state index in [1.807, 2.05) is 0 Å². The zero-order chi connectivity index (χ0) is 19.4. The van der Waals surface area contributed by atoms with Crippen molar-refractivity contribution in [3.05, 3.63) is 47.5 Å². The van der Waals surface area contributed by atoms with Gasteiger partial charge in [0.1, 0.15) is 23.0 Å². The third-order valence-electron chi connectivity index (χ3n) is 4.20. The second kappa shape index (κ2) is 8.30. The second-order valence-corrected chi connectivity index (χ2v) is 6.45. The van der Waals surface area contributed by atoms with Crippen LogP contribution in [0.3, 0.4) is 0 Å². The van der Waals surface area contributed by atoms with Crippen LogP contribution in [0.15, 0.2) is 36.4 Å². The van der Waals surface area contributed by atoms with Gasteiger partial charge in [-0.2, -0.15) is 0 Å². The van der Waals surface area contributed by atoms with Gasteiger partial charge in [0.2, 0.25) is 6.29 Å². The Kier molecular flexibility index (Phi) is 5.85. The Morgan fingerprint density at radius 2 is 1.81 bits per heavy atom. The Morgan fingerprint density at radius 1 is 1.00 bits per heavy atom. The summed E-state index contributed by atoms with van der Waals surface area (Å²) in [5.41, 5.74) is 1.12. The monoisotopic (exact) mass is 374 g/mol. The molecule has 7 nitrogen and oxygen atoms in total. The minimum absolute atomic E-state index is 0.0165. The molecule has 3 atom stereocenters. The van der Waals surface area contributed by atoms with Crippen LogP contribution in [-0.2, 0) is 4.74 Å². The molecule has 2 aromatic rings. The number of aromatic hydroxyl groups is 3. The van der Waals surface area contributed by atoms with Crippen molar-refractivity contribution < 1.29 is 35.0 Å². The van der Waals surface area contributed by atoms with Crippen LogP contribution in [0, 0.1) is 0 Å². The summed E-state index contributed by atoms with van der Waals surface area (Å²) >= 11 is 0. The fourth-order valence-corrected chi connectivity index (χ4v) is 2.92. The number of hydrogen-bond donors (Lipinski definition) is 5. The summed E-state index contributed by atoms with van der Waals surface area (Å²) in [6, 6.07) is 8.88. The van der Waals surface area contributed by atoms with E-state index in [2.05, 4.69) is 0 Å². The summed E-state index contributed by atoms with van der Waals surface area (Å²) in [6.07, 6.45) is 2.06. The predicted octanol–water partition coefficient (Wildman–Crippen LogP) is 2.21. The number of phenols is 3. The molecule has 1 saturated heterocycles. The van der Waals surface area contributed by atoms with Gasteiger partial charge in [-0.3, -0.25) is 0 Å². The molecule has 2 aromatic carbocycles. The zero-order valence-corrected chi connectivity index (χ0v) is 14.5. The molecule has 27 heavy (non-hydrogen) atoms. The minimum Gasteiger partial charge on any atom is -0.508 e. The maximum atomic E-state index is 9.94. The standard InChI is InChI=1S/C20H22O7/c21-11-18-8-16(24)10-20(27-18)26-17-6-12(5-15(23)7-17)1-2-13-3-4-14(22)9-19(13)25/h1-7,9,16,18,20-25H,8,10-11H2/b2-1-. The Labute approximate surface area is 156 Å². The van der Waals surface area contributed by atoms with Crippen LogP contribution in [0.5, 0.6) is 23.0 Å². The topological polar surface area (TPSA) is 120 Å². The number of benzene rings is 2. The van der Waals surface area contributed by atoms with E-state index in [0.29, 0.717) is 23.3 Å². The van der Waals surface area contributed by atoms with Gasteiger partial charge in [-0.1, -0.05) is 12.2 Å². The van der Waals surface area contributed by atoms with Gasteiger partial charge in [0, 0.05) is 30.5 Å². The van der Waals surface area contributed by atoms with E-state index < -0.39 is 18.5 Å². The van der Waals surface area contributed by atoms with E-state index in [9.17, 15) is 25.5 Å². The van der Waals surface area contributed by atoms with Gasteiger partial charge >= 0.3 is 0 Å². The van der Waals surface area contributed by atoms with Crippen molar-refractivity contribution in [1.82, 2.24) is 0 Å². The van der Waals surface area contributed by atoms with Gasteiger partial charge in [0.25, 0.3) is 0 Å². The van der Waals surface area contributed by atoms with Gasteiger partial charge in [-0.15, -0.1) is 0 Å². The van der Waals surface area contributed by atoms with Crippen LogP contribution in [0.25, 0.3) is 12.2 Å². The SMILES string of the molecule is OCC1CC(O)CC(Oc2cc(O)cc(/C=C\c3ccc(O)cc3O)c2)O1. The third-order valence-corrected chi connectivity index (χ3v) is 4.20. The van der Waals surface area contributed by atoms with E-state index >= 15 is 0 Å². The Balaban J connectivity index is 1.75.